The van der Waals surface area contributed by atoms with Crippen LogP contribution in [0.2, 0.25) is 0 Å². The zero-order valence-corrected chi connectivity index (χ0v) is 12.2. The molecule has 0 heterocycles. The summed E-state index contributed by atoms with van der Waals surface area (Å²) in [4.78, 5) is 0. The summed E-state index contributed by atoms with van der Waals surface area (Å²) in [6.07, 6.45) is 0. The third-order valence-corrected chi connectivity index (χ3v) is 34.3. The molecule has 0 spiro atoms. The maximum atomic E-state index is 3.67. The van der Waals surface area contributed by atoms with Crippen LogP contribution in [0.3, 0.4) is 0 Å². The number of rotatable bonds is 2. The molecule has 0 radical (unpaired) electrons. The SMILES string of the molecule is [PH-]P(P)P([PH-])P(P)P. The molecule has 50 valence electrons. The Morgan fingerprint density at radius 1 is 1.00 bits per heavy atom. The standard InChI is InChI=1S/H8P8/c1-6(2)8(5)7(3)4/h1,5H,2-4H2/q-2. The Balaban J connectivity index is 3.46. The Morgan fingerprint density at radius 3 is 1.38 bits per heavy atom. The molecule has 0 rings (SSSR count). The van der Waals surface area contributed by atoms with Gasteiger partial charge in [0.15, 0.2) is 0 Å². The van der Waals surface area contributed by atoms with E-state index in [0.717, 1.165) is 0 Å². The van der Waals surface area contributed by atoms with Crippen LogP contribution >= 0.6 is 65.6 Å². The quantitative estimate of drug-likeness (QED) is 0.625. The average Bonchev–Trinajstić information content (AvgIpc) is 1.64. The highest BCUT2D eigenvalue weighted by Crippen LogP contribution is 3.00. The van der Waals surface area contributed by atoms with Crippen molar-refractivity contribution in [1.29, 1.82) is 0 Å². The van der Waals surface area contributed by atoms with Crippen LogP contribution in [-0.4, -0.2) is 0 Å². The van der Waals surface area contributed by atoms with E-state index in [1.165, 1.54) is 0 Å². The normalized spacial score (nSPS) is 18.8. The van der Waals surface area contributed by atoms with Crippen molar-refractivity contribution >= 4 is 65.6 Å². The third kappa shape index (κ3) is 5.14. The van der Waals surface area contributed by atoms with Gasteiger partial charge in [-0.3, -0.25) is 6.99 Å². The van der Waals surface area contributed by atoms with E-state index >= 15 is 0 Å². The maximum absolute atomic E-state index is 3.67. The number of hydrogen-bond donors (Lipinski definition) is 0. The van der Waals surface area contributed by atoms with Gasteiger partial charge in [0.2, 0.25) is 0 Å². The van der Waals surface area contributed by atoms with E-state index in [4.69, 9.17) is 0 Å². The molecule has 0 aliphatic heterocycles. The van der Waals surface area contributed by atoms with Crippen LogP contribution in [0.5, 0.6) is 0 Å². The predicted octanol–water partition coefficient (Wildman–Crippen LogP) is 4.75. The fraction of sp³-hybridized carbons (Fsp3) is 0. The molecular formula is H8P8-2. The summed E-state index contributed by atoms with van der Waals surface area (Å²) < 4.78 is 0. The molecule has 0 saturated carbocycles. The van der Waals surface area contributed by atoms with Crippen LogP contribution < -0.4 is 0 Å². The monoisotopic (exact) mass is 256 g/mol. The Bertz CT molecular complexity index is 45.1. The van der Waals surface area contributed by atoms with Gasteiger partial charge in [-0.15, -0.1) is 26.8 Å². The van der Waals surface area contributed by atoms with Gasteiger partial charge >= 0.3 is 0 Å². The predicted molar refractivity (Wildman–Crippen MR) is 66.5 cm³/mol. The van der Waals surface area contributed by atoms with Crippen LogP contribution in [0.25, 0.3) is 0 Å². The Hall–Kier alpha value is 3.44. The molecule has 0 bridgehead atoms. The van der Waals surface area contributed by atoms with E-state index in [2.05, 4.69) is 44.6 Å². The van der Waals surface area contributed by atoms with Crippen LogP contribution in [-0.2, 0) is 0 Å². The molecule has 0 aromatic heterocycles. The zero-order valence-electron chi connectivity index (χ0n) is 4.07. The Labute approximate surface area is 65.8 Å². The van der Waals surface area contributed by atoms with Crippen molar-refractivity contribution in [2.75, 3.05) is 0 Å². The smallest absolute Gasteiger partial charge is 0.0717 e. The summed E-state index contributed by atoms with van der Waals surface area (Å²) in [5.74, 6) is 0. The van der Waals surface area contributed by atoms with E-state index in [1.54, 1.807) is 0 Å². The first-order valence-corrected chi connectivity index (χ1v) is 14.6. The topological polar surface area (TPSA) is 0 Å². The minimum atomic E-state index is -0.0134. The highest BCUT2D eigenvalue weighted by atomic mass is 33.1. The molecule has 8 heteroatoms. The fourth-order valence-corrected chi connectivity index (χ4v) is 27.0. The van der Waals surface area contributed by atoms with Gasteiger partial charge < -0.3 is 17.9 Å². The van der Waals surface area contributed by atoms with E-state index in [1.807, 2.05) is 0 Å². The van der Waals surface area contributed by atoms with Gasteiger partial charge in [0.1, 0.15) is 0 Å². The lowest BCUT2D eigenvalue weighted by Crippen LogP contribution is -1.27. The van der Waals surface area contributed by atoms with Crippen molar-refractivity contribution in [1.82, 2.24) is 0 Å². The van der Waals surface area contributed by atoms with Gasteiger partial charge in [-0.1, -0.05) is 6.99 Å². The van der Waals surface area contributed by atoms with Gasteiger partial charge in [0, 0.05) is 0 Å². The van der Waals surface area contributed by atoms with E-state index in [0.29, 0.717) is 0 Å². The molecule has 0 aromatic carbocycles. The first-order chi connectivity index (χ1) is 3.55. The van der Waals surface area contributed by atoms with Gasteiger partial charge in [-0.2, -0.15) is 0 Å². The van der Waals surface area contributed by atoms with Gasteiger partial charge in [-0.25, -0.2) is 6.99 Å². The summed E-state index contributed by atoms with van der Waals surface area (Å²) in [7, 11) is 15.7. The molecule has 0 aromatic rings. The molecule has 0 nitrogen and oxygen atoms in total. The molecular weight excluding hydrogens is 248 g/mol. The second kappa shape index (κ2) is 6.01. The minimum Gasteiger partial charge on any atom is -0.519 e. The molecule has 8 heavy (non-hydrogen) atoms. The molecule has 0 saturated heterocycles. The molecule has 5 atom stereocenters. The second-order valence-corrected chi connectivity index (χ2v) is 27.4. The van der Waals surface area contributed by atoms with E-state index in [9.17, 15) is 0 Å². The van der Waals surface area contributed by atoms with Crippen molar-refractivity contribution in [2.45, 2.75) is 0 Å². The average molecular weight is 256 g/mol. The van der Waals surface area contributed by atoms with Gasteiger partial charge in [0.25, 0.3) is 0 Å². The third-order valence-electron chi connectivity index (χ3n) is 0.423. The van der Waals surface area contributed by atoms with Crippen molar-refractivity contribution in [3.05, 3.63) is 0 Å². The van der Waals surface area contributed by atoms with Crippen LogP contribution in [0, 0.1) is 0 Å². The van der Waals surface area contributed by atoms with Gasteiger partial charge in [0.05, 0.1) is 0 Å². The summed E-state index contributed by atoms with van der Waals surface area (Å²) >= 11 is 0. The van der Waals surface area contributed by atoms with Crippen molar-refractivity contribution in [3.63, 3.8) is 0 Å². The fourth-order valence-electron chi connectivity index (χ4n) is 0.111. The van der Waals surface area contributed by atoms with Crippen LogP contribution in [0.15, 0.2) is 0 Å². The van der Waals surface area contributed by atoms with Crippen molar-refractivity contribution < 1.29 is 0 Å². The molecule has 0 amide bonds. The summed E-state index contributed by atoms with van der Waals surface area (Å²) in [6, 6.07) is 0. The van der Waals surface area contributed by atoms with Crippen molar-refractivity contribution in [2.24, 2.45) is 0 Å². The molecule has 0 aliphatic rings. The summed E-state index contributed by atoms with van der Waals surface area (Å²) in [6.45, 7) is 0.0957. The van der Waals surface area contributed by atoms with Crippen LogP contribution in [0.1, 0.15) is 0 Å². The second-order valence-electron chi connectivity index (χ2n) is 1.01. The lowest BCUT2D eigenvalue weighted by atomic mass is 28.8. The Morgan fingerprint density at radius 2 is 1.38 bits per heavy atom. The van der Waals surface area contributed by atoms with Crippen molar-refractivity contribution in [3.8, 4) is 0 Å². The first-order valence-electron chi connectivity index (χ1n) is 1.62. The van der Waals surface area contributed by atoms with Crippen LogP contribution in [0.4, 0.5) is 0 Å². The summed E-state index contributed by atoms with van der Waals surface area (Å²) in [5, 5.41) is 0. The first kappa shape index (κ1) is 11.4. The minimum absolute atomic E-state index is 0.0134. The molecule has 5 unspecified atom stereocenters. The molecule has 0 aliphatic carbocycles. The lowest BCUT2D eigenvalue weighted by molar-refractivity contribution is 4.79. The highest BCUT2D eigenvalue weighted by molar-refractivity contribution is 9.06. The van der Waals surface area contributed by atoms with E-state index in [-0.39, 0.29) is 21.0 Å². The Kier molecular flexibility index (Phi) is 8.60. The molecule has 0 fully saturated rings. The summed E-state index contributed by atoms with van der Waals surface area (Å²) in [5.41, 5.74) is 0. The highest BCUT2D eigenvalue weighted by Gasteiger charge is 1.93. The largest absolute Gasteiger partial charge is 0.519 e. The van der Waals surface area contributed by atoms with E-state index < -0.39 is 0 Å². The number of hydrogen-bond acceptors (Lipinski definition) is 0. The van der Waals surface area contributed by atoms with Gasteiger partial charge in [-0.05, 0) is 0 Å². The molecule has 0 N–H and O–H groups in total. The zero-order chi connectivity index (χ0) is 6.73. The maximum Gasteiger partial charge on any atom is -0.0717 e. The lowest BCUT2D eigenvalue weighted by Gasteiger charge is -2.37.